The molecule has 11 heteroatoms. The maximum Gasteiger partial charge on any atom is 0.410 e. The minimum atomic E-state index is -3.53. The topological polar surface area (TPSA) is 112 Å². The average molecular weight is 569 g/mol. The first-order valence-electron chi connectivity index (χ1n) is 13.3. The third-order valence-electron chi connectivity index (χ3n) is 7.07. The highest BCUT2D eigenvalue weighted by atomic mass is 32.2. The summed E-state index contributed by atoms with van der Waals surface area (Å²) >= 11 is 0. The second kappa shape index (κ2) is 10.8. The maximum atomic E-state index is 13.0. The van der Waals surface area contributed by atoms with Crippen LogP contribution >= 0.6 is 0 Å². The van der Waals surface area contributed by atoms with Gasteiger partial charge in [-0.15, -0.1) is 0 Å². The van der Waals surface area contributed by atoms with Crippen molar-refractivity contribution in [3.63, 3.8) is 0 Å². The van der Waals surface area contributed by atoms with E-state index < -0.39 is 21.3 Å². The zero-order valence-electron chi connectivity index (χ0n) is 22.9. The Hall–Kier alpha value is -3.60. The number of rotatable bonds is 5. The first kappa shape index (κ1) is 27.9. The van der Waals surface area contributed by atoms with Crippen LogP contribution in [0.25, 0.3) is 11.4 Å². The number of hydrogen-bond donors (Lipinski definition) is 0. The van der Waals surface area contributed by atoms with Gasteiger partial charge in [-0.25, -0.2) is 27.6 Å². The van der Waals surface area contributed by atoms with Crippen molar-refractivity contribution in [1.29, 1.82) is 0 Å². The van der Waals surface area contributed by atoms with Crippen LogP contribution in [0.2, 0.25) is 0 Å². The van der Waals surface area contributed by atoms with E-state index in [4.69, 9.17) is 9.47 Å². The number of likely N-dealkylation sites (tertiary alicyclic amines) is 1. The second-order valence-corrected chi connectivity index (χ2v) is 13.6. The van der Waals surface area contributed by atoms with Crippen LogP contribution in [0.1, 0.15) is 56.9 Å². The molecule has 5 rings (SSSR count). The number of amides is 1. The van der Waals surface area contributed by atoms with Gasteiger partial charge >= 0.3 is 6.09 Å². The van der Waals surface area contributed by atoms with Crippen LogP contribution in [0.3, 0.4) is 0 Å². The SMILES string of the molecule is CC(C)(C)OC(=O)N1CCC2(CCc3cc(-c4ncc(CS(=O)(=O)Cc5ccc(F)cn5)cn4)ccc3O2)CC1. The molecule has 2 aromatic heterocycles. The molecule has 40 heavy (non-hydrogen) atoms. The number of aromatic nitrogens is 3. The Bertz CT molecular complexity index is 1480. The Labute approximate surface area is 233 Å². The Morgan fingerprint density at radius 2 is 1.75 bits per heavy atom. The lowest BCUT2D eigenvalue weighted by atomic mass is 9.83. The molecule has 1 fully saturated rings. The standard InChI is InChI=1S/C29H33FN4O5S/c1-28(2,3)39-27(35)34-12-10-29(11-13-34)9-8-21-14-22(4-7-25(21)38-29)26-32-15-20(16-33-26)18-40(36,37)19-24-6-5-23(30)17-31-24/h4-7,14-17H,8-13,18-19H2,1-3H3. The first-order valence-corrected chi connectivity index (χ1v) is 15.1. The van der Waals surface area contributed by atoms with Gasteiger partial charge in [-0.1, -0.05) is 0 Å². The summed E-state index contributed by atoms with van der Waals surface area (Å²) in [6.07, 6.45) is 6.94. The normalized spacial score (nSPS) is 16.8. The summed E-state index contributed by atoms with van der Waals surface area (Å²) in [5.41, 5.74) is 1.83. The number of carbonyl (C=O) groups is 1. The van der Waals surface area contributed by atoms with Crippen molar-refractivity contribution in [3.05, 3.63) is 71.6 Å². The molecule has 0 radical (unpaired) electrons. The van der Waals surface area contributed by atoms with Crippen molar-refractivity contribution in [1.82, 2.24) is 19.9 Å². The predicted molar refractivity (Wildman–Crippen MR) is 147 cm³/mol. The van der Waals surface area contributed by atoms with Crippen LogP contribution in [-0.2, 0) is 32.5 Å². The quantitative estimate of drug-likeness (QED) is 0.428. The lowest BCUT2D eigenvalue weighted by molar-refractivity contribution is -0.0272. The molecule has 0 aliphatic carbocycles. The molecule has 2 aliphatic rings. The van der Waals surface area contributed by atoms with E-state index in [9.17, 15) is 17.6 Å². The molecular weight excluding hydrogens is 535 g/mol. The number of carbonyl (C=O) groups excluding carboxylic acids is 1. The van der Waals surface area contributed by atoms with E-state index in [0.717, 1.165) is 48.8 Å². The minimum absolute atomic E-state index is 0.238. The molecule has 9 nitrogen and oxygen atoms in total. The van der Waals surface area contributed by atoms with Crippen LogP contribution in [0, 0.1) is 5.82 Å². The highest BCUT2D eigenvalue weighted by Crippen LogP contribution is 2.40. The van der Waals surface area contributed by atoms with E-state index >= 15 is 0 Å². The van der Waals surface area contributed by atoms with Gasteiger partial charge in [0.2, 0.25) is 0 Å². The van der Waals surface area contributed by atoms with Crippen molar-refractivity contribution >= 4 is 15.9 Å². The molecule has 0 atom stereocenters. The van der Waals surface area contributed by atoms with E-state index in [0.29, 0.717) is 24.5 Å². The van der Waals surface area contributed by atoms with Gasteiger partial charge in [0, 0.05) is 49.5 Å². The number of sulfone groups is 1. The van der Waals surface area contributed by atoms with Gasteiger partial charge in [-0.05, 0) is 69.5 Å². The van der Waals surface area contributed by atoms with Crippen LogP contribution in [-0.4, -0.2) is 58.7 Å². The van der Waals surface area contributed by atoms with Crippen LogP contribution < -0.4 is 4.74 Å². The monoisotopic (exact) mass is 568 g/mol. The fourth-order valence-electron chi connectivity index (χ4n) is 5.04. The molecule has 1 amide bonds. The smallest absolute Gasteiger partial charge is 0.410 e. The molecule has 0 unspecified atom stereocenters. The molecule has 1 aromatic carbocycles. The fourth-order valence-corrected chi connectivity index (χ4v) is 6.42. The first-order chi connectivity index (χ1) is 18.9. The Morgan fingerprint density at radius 3 is 2.40 bits per heavy atom. The van der Waals surface area contributed by atoms with Gasteiger partial charge in [-0.2, -0.15) is 0 Å². The Kier molecular flexibility index (Phi) is 7.52. The molecule has 1 spiro atoms. The zero-order chi connectivity index (χ0) is 28.5. The summed E-state index contributed by atoms with van der Waals surface area (Å²) < 4.78 is 50.2. The molecule has 2 aliphatic heterocycles. The van der Waals surface area contributed by atoms with Gasteiger partial charge in [-0.3, -0.25) is 4.98 Å². The molecule has 212 valence electrons. The van der Waals surface area contributed by atoms with Gasteiger partial charge in [0.1, 0.15) is 22.8 Å². The van der Waals surface area contributed by atoms with Crippen LogP contribution in [0.4, 0.5) is 9.18 Å². The summed E-state index contributed by atoms with van der Waals surface area (Å²) in [4.78, 5) is 26.8. The summed E-state index contributed by atoms with van der Waals surface area (Å²) in [7, 11) is -3.53. The molecule has 1 saturated heterocycles. The average Bonchev–Trinajstić information content (AvgIpc) is 2.89. The van der Waals surface area contributed by atoms with E-state index in [-0.39, 0.29) is 28.9 Å². The number of aryl methyl sites for hydroxylation is 1. The van der Waals surface area contributed by atoms with Gasteiger partial charge in [0.05, 0.1) is 23.4 Å². The van der Waals surface area contributed by atoms with E-state index in [2.05, 4.69) is 15.0 Å². The predicted octanol–water partition coefficient (Wildman–Crippen LogP) is 4.89. The summed E-state index contributed by atoms with van der Waals surface area (Å²) in [5.74, 6) is 0.282. The minimum Gasteiger partial charge on any atom is -0.487 e. The lowest BCUT2D eigenvalue weighted by Gasteiger charge is -2.44. The number of pyridine rings is 1. The number of benzene rings is 1. The molecule has 0 saturated carbocycles. The number of fused-ring (bicyclic) bond motifs is 1. The van der Waals surface area contributed by atoms with Crippen molar-refractivity contribution < 1.29 is 27.1 Å². The molecule has 4 heterocycles. The third kappa shape index (κ3) is 6.75. The van der Waals surface area contributed by atoms with E-state index in [1.165, 1.54) is 24.5 Å². The Morgan fingerprint density at radius 1 is 1.02 bits per heavy atom. The molecule has 0 N–H and O–H groups in total. The largest absolute Gasteiger partial charge is 0.487 e. The van der Waals surface area contributed by atoms with E-state index in [1.54, 1.807) is 4.90 Å². The summed E-state index contributed by atoms with van der Waals surface area (Å²) in [6.45, 7) is 6.79. The van der Waals surface area contributed by atoms with E-state index in [1.807, 2.05) is 39.0 Å². The van der Waals surface area contributed by atoms with Crippen molar-refractivity contribution in [2.75, 3.05) is 13.1 Å². The Balaban J connectivity index is 1.20. The van der Waals surface area contributed by atoms with Crippen molar-refractivity contribution in [2.45, 2.75) is 69.2 Å². The zero-order valence-corrected chi connectivity index (χ0v) is 23.7. The van der Waals surface area contributed by atoms with Crippen molar-refractivity contribution in [2.24, 2.45) is 0 Å². The molecule has 3 aromatic rings. The number of ether oxygens (including phenoxy) is 2. The highest BCUT2D eigenvalue weighted by molar-refractivity contribution is 7.89. The fraction of sp³-hybridized carbons (Fsp3) is 0.448. The lowest BCUT2D eigenvalue weighted by Crippen LogP contribution is -2.52. The van der Waals surface area contributed by atoms with Gasteiger partial charge in [0.15, 0.2) is 15.7 Å². The van der Waals surface area contributed by atoms with Crippen LogP contribution in [0.15, 0.2) is 48.9 Å². The third-order valence-corrected chi connectivity index (χ3v) is 8.58. The van der Waals surface area contributed by atoms with Crippen molar-refractivity contribution in [3.8, 4) is 17.1 Å². The van der Waals surface area contributed by atoms with Crippen LogP contribution in [0.5, 0.6) is 5.75 Å². The maximum absolute atomic E-state index is 13.0. The highest BCUT2D eigenvalue weighted by Gasteiger charge is 2.41. The number of nitrogens with zero attached hydrogens (tertiary/aromatic N) is 4. The summed E-state index contributed by atoms with van der Waals surface area (Å²) in [5, 5.41) is 0. The molecule has 0 bridgehead atoms. The summed E-state index contributed by atoms with van der Waals surface area (Å²) in [6, 6.07) is 8.41. The number of halogens is 1. The van der Waals surface area contributed by atoms with Gasteiger partial charge < -0.3 is 14.4 Å². The number of hydrogen-bond acceptors (Lipinski definition) is 8. The van der Waals surface area contributed by atoms with Gasteiger partial charge in [0.25, 0.3) is 0 Å². The molecular formula is C29H33FN4O5S. The number of piperidine rings is 1. The second-order valence-electron chi connectivity index (χ2n) is 11.5.